The van der Waals surface area contributed by atoms with E-state index in [1.54, 1.807) is 17.4 Å². The summed E-state index contributed by atoms with van der Waals surface area (Å²) in [5, 5.41) is 7.69. The Kier molecular flexibility index (Phi) is 6.49. The zero-order valence-electron chi connectivity index (χ0n) is 19.3. The van der Waals surface area contributed by atoms with Gasteiger partial charge in [0.15, 0.2) is 5.82 Å². The molecule has 12 heteroatoms. The third-order valence-corrected chi connectivity index (χ3v) is 9.52. The first kappa shape index (κ1) is 23.7. The van der Waals surface area contributed by atoms with Crippen LogP contribution in [0.5, 0.6) is 0 Å². The number of allylic oxidation sites excluding steroid dienone is 3. The summed E-state index contributed by atoms with van der Waals surface area (Å²) in [4.78, 5) is 21.2. The van der Waals surface area contributed by atoms with Gasteiger partial charge in [-0.25, -0.2) is 23.2 Å². The highest BCUT2D eigenvalue weighted by molar-refractivity contribution is 7.90. The van der Waals surface area contributed by atoms with Crippen molar-refractivity contribution < 1.29 is 17.9 Å². The summed E-state index contributed by atoms with van der Waals surface area (Å²) in [5.41, 5.74) is 7.23. The molecule has 2 saturated carbocycles. The van der Waals surface area contributed by atoms with Gasteiger partial charge >= 0.3 is 6.09 Å². The number of carbonyl (C=O) groups is 1. The average Bonchev–Trinajstić information content (AvgIpc) is 3.44. The second kappa shape index (κ2) is 9.57. The summed E-state index contributed by atoms with van der Waals surface area (Å²) >= 11 is 1.60. The lowest BCUT2D eigenvalue weighted by Crippen LogP contribution is -2.30. The van der Waals surface area contributed by atoms with Crippen LogP contribution in [-0.2, 0) is 14.8 Å². The Balaban J connectivity index is 1.36. The fourth-order valence-corrected chi connectivity index (χ4v) is 7.08. The predicted molar refractivity (Wildman–Crippen MR) is 133 cm³/mol. The largest absolute Gasteiger partial charge is 0.446 e. The van der Waals surface area contributed by atoms with Gasteiger partial charge in [-0.2, -0.15) is 5.10 Å². The third kappa shape index (κ3) is 5.64. The molecule has 1 unspecified atom stereocenters. The molecule has 0 aliphatic heterocycles. The summed E-state index contributed by atoms with van der Waals surface area (Å²) in [5.74, 6) is 0.561. The van der Waals surface area contributed by atoms with Crippen molar-refractivity contribution in [2.45, 2.75) is 68.6 Å². The van der Waals surface area contributed by atoms with Crippen molar-refractivity contribution in [3.8, 4) is 0 Å². The molecule has 3 aliphatic carbocycles. The molecule has 2 fully saturated rings. The number of nitrogens with one attached hydrogen (secondary N) is 2. The summed E-state index contributed by atoms with van der Waals surface area (Å²) in [7, 11) is -3.45. The predicted octanol–water partition coefficient (Wildman–Crippen LogP) is 3.69. The molecule has 0 radical (unpaired) electrons. The van der Waals surface area contributed by atoms with Gasteiger partial charge < -0.3 is 10.5 Å². The van der Waals surface area contributed by atoms with Crippen LogP contribution in [0.3, 0.4) is 0 Å². The lowest BCUT2D eigenvalue weighted by atomic mass is 9.88. The van der Waals surface area contributed by atoms with Gasteiger partial charge in [-0.1, -0.05) is 6.08 Å². The molecule has 35 heavy (non-hydrogen) atoms. The van der Waals surface area contributed by atoms with Gasteiger partial charge in [0.2, 0.25) is 10.0 Å². The van der Waals surface area contributed by atoms with Crippen molar-refractivity contribution >= 4 is 39.0 Å². The quantitative estimate of drug-likeness (QED) is 0.510. The van der Waals surface area contributed by atoms with Crippen LogP contribution in [0.25, 0.3) is 0 Å². The molecule has 0 bridgehead atoms. The van der Waals surface area contributed by atoms with E-state index in [4.69, 9.17) is 10.5 Å². The van der Waals surface area contributed by atoms with Gasteiger partial charge in [0.1, 0.15) is 6.10 Å². The standard InChI is InChI=1S/C23H28N6O4S2/c1-13-10-21(28-27-13)26-15-4-9-18(19(11-15)29-35(31,32)17-7-8-17)20-12-25-22(34-20)14-2-5-16(6-3-14)33-23(24)30/h4,9-12,14,16-18,29H,2-3,5-8H2,1H3,(H2,24,30)(H,27,28). The number of nitrogens with two attached hydrogens (primary N) is 1. The third-order valence-electron chi connectivity index (χ3n) is 6.41. The van der Waals surface area contributed by atoms with E-state index in [9.17, 15) is 13.2 Å². The van der Waals surface area contributed by atoms with Gasteiger partial charge in [-0.3, -0.25) is 9.82 Å². The van der Waals surface area contributed by atoms with E-state index in [0.29, 0.717) is 30.1 Å². The van der Waals surface area contributed by atoms with Crippen molar-refractivity contribution in [3.05, 3.63) is 51.8 Å². The molecular formula is C23H28N6O4S2. The molecule has 3 aliphatic rings. The second-order valence-corrected chi connectivity index (χ2v) is 12.3. The number of nitrogens with zero attached hydrogens (tertiary/aromatic N) is 3. The first-order chi connectivity index (χ1) is 16.8. The lowest BCUT2D eigenvalue weighted by Gasteiger charge is -2.26. The van der Waals surface area contributed by atoms with E-state index >= 15 is 0 Å². The molecule has 1 amide bonds. The zero-order valence-corrected chi connectivity index (χ0v) is 20.9. The Morgan fingerprint density at radius 2 is 2.03 bits per heavy atom. The Labute approximate surface area is 207 Å². The van der Waals surface area contributed by atoms with E-state index in [0.717, 1.165) is 41.3 Å². The molecule has 0 spiro atoms. The fraction of sp³-hybridized carbons (Fsp3) is 0.478. The zero-order chi connectivity index (χ0) is 24.6. The second-order valence-electron chi connectivity index (χ2n) is 9.24. The minimum absolute atomic E-state index is 0.133. The maximum atomic E-state index is 12.8. The Hall–Kier alpha value is -2.99. The number of H-pyrrole nitrogens is 1. The number of amides is 1. The first-order valence-corrected chi connectivity index (χ1v) is 14.1. The molecule has 5 rings (SSSR count). The van der Waals surface area contributed by atoms with E-state index in [2.05, 4.69) is 24.9 Å². The smallest absolute Gasteiger partial charge is 0.404 e. The molecule has 186 valence electrons. The highest BCUT2D eigenvalue weighted by Gasteiger charge is 2.37. The number of ether oxygens (including phenoxy) is 1. The molecule has 2 aromatic rings. The summed E-state index contributed by atoms with van der Waals surface area (Å²) in [6, 6.07) is 1.83. The topological polar surface area (TPSA) is 152 Å². The number of thiazole rings is 1. The first-order valence-electron chi connectivity index (χ1n) is 11.7. The highest BCUT2D eigenvalue weighted by atomic mass is 32.2. The van der Waals surface area contributed by atoms with Gasteiger partial charge in [-0.15, -0.1) is 11.3 Å². The normalized spacial score (nSPS) is 25.9. The Morgan fingerprint density at radius 1 is 1.26 bits per heavy atom. The molecule has 1 atom stereocenters. The average molecular weight is 517 g/mol. The molecule has 10 nitrogen and oxygen atoms in total. The molecule has 0 aromatic carbocycles. The van der Waals surface area contributed by atoms with Crippen molar-refractivity contribution in [2.75, 3.05) is 0 Å². The van der Waals surface area contributed by atoms with Gasteiger partial charge in [-0.05, 0) is 57.6 Å². The van der Waals surface area contributed by atoms with Crippen LogP contribution in [0.2, 0.25) is 0 Å². The summed E-state index contributed by atoms with van der Waals surface area (Å²) in [6.45, 7) is 1.90. The number of carbonyl (C=O) groups excluding carboxylic acids is 1. The van der Waals surface area contributed by atoms with Crippen LogP contribution in [0.15, 0.2) is 41.2 Å². The van der Waals surface area contributed by atoms with Crippen LogP contribution in [-0.4, -0.2) is 46.8 Å². The number of primary amides is 1. The molecule has 2 aromatic heterocycles. The SMILES string of the molecule is Cc1cc(N=C2C=CC(c3cnc(C4CCC(OC(N)=O)CC4)s3)C(NS(=O)(=O)C3CC3)=C2)n[nH]1. The van der Waals surface area contributed by atoms with Crippen LogP contribution in [0.1, 0.15) is 65.9 Å². The van der Waals surface area contributed by atoms with Crippen molar-refractivity contribution in [1.82, 2.24) is 19.9 Å². The summed E-state index contributed by atoms with van der Waals surface area (Å²) < 4.78 is 33.5. The van der Waals surface area contributed by atoms with Gasteiger partial charge in [0, 0.05) is 34.4 Å². The van der Waals surface area contributed by atoms with Crippen LogP contribution in [0.4, 0.5) is 10.6 Å². The van der Waals surface area contributed by atoms with E-state index in [-0.39, 0.29) is 23.2 Å². The van der Waals surface area contributed by atoms with Gasteiger partial charge in [0.05, 0.1) is 21.9 Å². The number of hydrogen-bond acceptors (Lipinski definition) is 8. The minimum Gasteiger partial charge on any atom is -0.446 e. The monoisotopic (exact) mass is 516 g/mol. The Bertz CT molecular complexity index is 1300. The summed E-state index contributed by atoms with van der Waals surface area (Å²) in [6.07, 6.45) is 11.2. The van der Waals surface area contributed by atoms with Crippen molar-refractivity contribution in [1.29, 1.82) is 0 Å². The Morgan fingerprint density at radius 3 is 2.69 bits per heavy atom. The number of rotatable bonds is 7. The van der Waals surface area contributed by atoms with Crippen molar-refractivity contribution in [3.63, 3.8) is 0 Å². The van der Waals surface area contributed by atoms with Gasteiger partial charge in [0.25, 0.3) is 0 Å². The minimum atomic E-state index is -3.45. The lowest BCUT2D eigenvalue weighted by molar-refractivity contribution is 0.0787. The van der Waals surface area contributed by atoms with Crippen LogP contribution in [0, 0.1) is 6.92 Å². The fourth-order valence-electron chi connectivity index (χ4n) is 4.45. The van der Waals surface area contributed by atoms with E-state index in [1.165, 1.54) is 0 Å². The molecule has 0 saturated heterocycles. The number of aryl methyl sites for hydroxylation is 1. The number of aromatic nitrogens is 3. The molecule has 2 heterocycles. The maximum Gasteiger partial charge on any atom is 0.404 e. The number of sulfonamides is 1. The van der Waals surface area contributed by atoms with Crippen LogP contribution >= 0.6 is 11.3 Å². The van der Waals surface area contributed by atoms with E-state index in [1.807, 2.05) is 31.3 Å². The highest BCUT2D eigenvalue weighted by Crippen LogP contribution is 2.40. The number of aliphatic imine (C=N–C) groups is 1. The van der Waals surface area contributed by atoms with Crippen LogP contribution < -0.4 is 10.5 Å². The number of hydrogen-bond donors (Lipinski definition) is 3. The maximum absolute atomic E-state index is 12.8. The number of aromatic amines is 1. The van der Waals surface area contributed by atoms with E-state index < -0.39 is 16.1 Å². The molecular weight excluding hydrogens is 488 g/mol. The van der Waals surface area contributed by atoms with Crippen molar-refractivity contribution in [2.24, 2.45) is 10.7 Å². The molecule has 4 N–H and O–H groups in total.